The van der Waals surface area contributed by atoms with Gasteiger partial charge in [0.25, 0.3) is 0 Å². The van der Waals surface area contributed by atoms with Gasteiger partial charge in [0, 0.05) is 13.5 Å². The number of rotatable bonds is 7. The maximum absolute atomic E-state index is 13.7. The van der Waals surface area contributed by atoms with Gasteiger partial charge in [-0.05, 0) is 31.2 Å². The number of ether oxygens (including phenoxy) is 1. The van der Waals surface area contributed by atoms with Crippen LogP contribution in [0.4, 0.5) is 15.8 Å². The Hall–Kier alpha value is -2.71. The molecule has 1 saturated heterocycles. The van der Waals surface area contributed by atoms with Gasteiger partial charge in [0.2, 0.25) is 11.8 Å². The Morgan fingerprint density at radius 3 is 2.66 bits per heavy atom. The smallest absolute Gasteiger partial charge is 0.242 e. The van der Waals surface area contributed by atoms with Gasteiger partial charge in [0.15, 0.2) is 5.17 Å². The first-order valence-corrected chi connectivity index (χ1v) is 10.0. The molecule has 152 valence electrons. The van der Waals surface area contributed by atoms with E-state index in [2.05, 4.69) is 10.3 Å². The average molecular weight is 415 g/mol. The second-order valence-corrected chi connectivity index (χ2v) is 7.72. The number of nitrogens with zero attached hydrogens (tertiary/aromatic N) is 2. The first-order valence-electron chi connectivity index (χ1n) is 9.14. The van der Waals surface area contributed by atoms with E-state index >= 15 is 0 Å². The highest BCUT2D eigenvalue weighted by Gasteiger charge is 2.39. The van der Waals surface area contributed by atoms with Crippen LogP contribution in [0.5, 0.6) is 0 Å². The molecule has 1 atom stereocenters. The van der Waals surface area contributed by atoms with E-state index < -0.39 is 17.0 Å². The lowest BCUT2D eigenvalue weighted by molar-refractivity contribution is -0.128. The van der Waals surface area contributed by atoms with Crippen molar-refractivity contribution in [3.8, 4) is 0 Å². The van der Waals surface area contributed by atoms with E-state index in [4.69, 9.17) is 4.74 Å². The molecule has 1 fully saturated rings. The van der Waals surface area contributed by atoms with Crippen molar-refractivity contribution in [2.24, 2.45) is 4.99 Å². The number of methoxy groups -OCH3 is 1. The monoisotopic (exact) mass is 415 g/mol. The minimum Gasteiger partial charge on any atom is -0.383 e. The zero-order valence-corrected chi connectivity index (χ0v) is 17.0. The largest absolute Gasteiger partial charge is 0.383 e. The van der Waals surface area contributed by atoms with Crippen LogP contribution in [0.2, 0.25) is 0 Å². The van der Waals surface area contributed by atoms with E-state index in [0.29, 0.717) is 18.3 Å². The number of anilines is 1. The van der Waals surface area contributed by atoms with Crippen LogP contribution < -0.4 is 5.32 Å². The van der Waals surface area contributed by atoms with Crippen molar-refractivity contribution in [2.45, 2.75) is 18.6 Å². The van der Waals surface area contributed by atoms with Crippen LogP contribution in [0, 0.1) is 12.7 Å². The van der Waals surface area contributed by atoms with Crippen molar-refractivity contribution in [1.82, 2.24) is 4.90 Å². The van der Waals surface area contributed by atoms with Crippen molar-refractivity contribution >= 4 is 40.1 Å². The summed E-state index contributed by atoms with van der Waals surface area (Å²) in [6.07, 6.45) is -0.0752. The fraction of sp³-hybridized carbons (Fsp3) is 0.286. The summed E-state index contributed by atoms with van der Waals surface area (Å²) in [5.41, 5.74) is 1.94. The molecule has 0 unspecified atom stereocenters. The number of amides is 2. The molecule has 3 rings (SSSR count). The molecule has 1 aliphatic rings. The molecule has 0 radical (unpaired) electrons. The molecule has 0 aromatic heterocycles. The lowest BCUT2D eigenvalue weighted by Crippen LogP contribution is -2.35. The van der Waals surface area contributed by atoms with Crippen LogP contribution in [-0.4, -0.2) is 47.4 Å². The van der Waals surface area contributed by atoms with Gasteiger partial charge >= 0.3 is 0 Å². The zero-order valence-electron chi connectivity index (χ0n) is 16.2. The molecule has 2 amide bonds. The van der Waals surface area contributed by atoms with E-state index in [1.165, 1.54) is 28.8 Å². The van der Waals surface area contributed by atoms with E-state index in [1.807, 2.05) is 31.2 Å². The van der Waals surface area contributed by atoms with Crippen LogP contribution in [0.3, 0.4) is 0 Å². The second-order valence-electron chi connectivity index (χ2n) is 6.55. The van der Waals surface area contributed by atoms with Gasteiger partial charge in [-0.1, -0.05) is 41.6 Å². The SMILES string of the molecule is COCCN1C(=O)[C@H](CC(=O)Nc2ccccc2F)SC1=Nc1ccc(C)cc1. The predicted molar refractivity (Wildman–Crippen MR) is 113 cm³/mol. The van der Waals surface area contributed by atoms with Gasteiger partial charge in [0.05, 0.1) is 24.5 Å². The summed E-state index contributed by atoms with van der Waals surface area (Å²) in [6, 6.07) is 13.6. The number of hydrogen-bond donors (Lipinski definition) is 1. The summed E-state index contributed by atoms with van der Waals surface area (Å²) in [4.78, 5) is 31.3. The van der Waals surface area contributed by atoms with Crippen LogP contribution in [0.1, 0.15) is 12.0 Å². The van der Waals surface area contributed by atoms with Gasteiger partial charge in [-0.15, -0.1) is 0 Å². The Morgan fingerprint density at radius 2 is 1.97 bits per heavy atom. The lowest BCUT2D eigenvalue weighted by atomic mass is 10.2. The number of carbonyl (C=O) groups excluding carboxylic acids is 2. The molecular formula is C21H22FN3O3S. The number of hydrogen-bond acceptors (Lipinski definition) is 5. The Bertz CT molecular complexity index is 918. The third-order valence-electron chi connectivity index (χ3n) is 4.32. The van der Waals surface area contributed by atoms with E-state index in [0.717, 1.165) is 11.3 Å². The molecule has 0 spiro atoms. The number of aliphatic imine (C=N–C) groups is 1. The van der Waals surface area contributed by atoms with Crippen molar-refractivity contribution in [3.63, 3.8) is 0 Å². The first kappa shape index (κ1) is 21.0. The maximum atomic E-state index is 13.7. The Kier molecular flexibility index (Phi) is 7.00. The van der Waals surface area contributed by atoms with Gasteiger partial charge < -0.3 is 10.1 Å². The Labute approximate surface area is 173 Å². The van der Waals surface area contributed by atoms with Crippen LogP contribution in [-0.2, 0) is 14.3 Å². The van der Waals surface area contributed by atoms with Crippen LogP contribution in [0.25, 0.3) is 0 Å². The van der Waals surface area contributed by atoms with Gasteiger partial charge in [-0.25, -0.2) is 9.38 Å². The van der Waals surface area contributed by atoms with Gasteiger partial charge in [-0.3, -0.25) is 14.5 Å². The average Bonchev–Trinajstić information content (AvgIpc) is 2.98. The molecule has 6 nitrogen and oxygen atoms in total. The molecule has 0 aliphatic carbocycles. The maximum Gasteiger partial charge on any atom is 0.242 e. The number of halogens is 1. The summed E-state index contributed by atoms with van der Waals surface area (Å²) in [6.45, 7) is 2.69. The third-order valence-corrected chi connectivity index (χ3v) is 5.49. The van der Waals surface area contributed by atoms with Crippen LogP contribution in [0.15, 0.2) is 53.5 Å². The number of carbonyl (C=O) groups is 2. The molecule has 0 saturated carbocycles. The van der Waals surface area contributed by atoms with Crippen molar-refractivity contribution in [3.05, 3.63) is 59.9 Å². The number of benzene rings is 2. The van der Waals surface area contributed by atoms with Crippen molar-refractivity contribution < 1.29 is 18.7 Å². The zero-order chi connectivity index (χ0) is 20.8. The summed E-state index contributed by atoms with van der Waals surface area (Å²) < 4.78 is 18.8. The molecule has 29 heavy (non-hydrogen) atoms. The molecule has 1 N–H and O–H groups in total. The topological polar surface area (TPSA) is 71.0 Å². The standard InChI is InChI=1S/C21H22FN3O3S/c1-14-7-9-15(10-8-14)23-21-25(11-12-28-2)20(27)18(29-21)13-19(26)24-17-6-4-3-5-16(17)22/h3-10,18H,11-13H2,1-2H3,(H,24,26)/t18-/m0/s1. The predicted octanol–water partition coefficient (Wildman–Crippen LogP) is 3.74. The normalized spacial score (nSPS) is 17.8. The Morgan fingerprint density at radius 1 is 1.24 bits per heavy atom. The van der Waals surface area contributed by atoms with E-state index in [9.17, 15) is 14.0 Å². The number of thioether (sulfide) groups is 1. The number of nitrogens with one attached hydrogen (secondary N) is 1. The molecular weight excluding hydrogens is 393 g/mol. The van der Waals surface area contributed by atoms with Gasteiger partial charge in [0.1, 0.15) is 11.1 Å². The molecule has 1 heterocycles. The van der Waals surface area contributed by atoms with E-state index in [-0.39, 0.29) is 18.0 Å². The number of aryl methyl sites for hydroxylation is 1. The van der Waals surface area contributed by atoms with Crippen molar-refractivity contribution in [1.29, 1.82) is 0 Å². The highest BCUT2D eigenvalue weighted by molar-refractivity contribution is 8.15. The summed E-state index contributed by atoms with van der Waals surface area (Å²) >= 11 is 1.24. The highest BCUT2D eigenvalue weighted by atomic mass is 32.2. The van der Waals surface area contributed by atoms with Gasteiger partial charge in [-0.2, -0.15) is 0 Å². The number of amidine groups is 1. The summed E-state index contributed by atoms with van der Waals surface area (Å²) in [5, 5.41) is 2.43. The first-order chi connectivity index (χ1) is 14.0. The minimum absolute atomic E-state index is 0.0752. The number of para-hydroxylation sites is 1. The van der Waals surface area contributed by atoms with E-state index in [1.54, 1.807) is 19.2 Å². The molecule has 1 aliphatic heterocycles. The highest BCUT2D eigenvalue weighted by Crippen LogP contribution is 2.32. The third kappa shape index (κ3) is 5.42. The summed E-state index contributed by atoms with van der Waals surface area (Å²) in [5.74, 6) is -1.15. The molecule has 2 aromatic rings. The second kappa shape index (κ2) is 9.67. The molecule has 8 heteroatoms. The fourth-order valence-electron chi connectivity index (χ4n) is 2.78. The van der Waals surface area contributed by atoms with Crippen LogP contribution >= 0.6 is 11.8 Å². The lowest BCUT2D eigenvalue weighted by Gasteiger charge is -2.15. The summed E-state index contributed by atoms with van der Waals surface area (Å²) in [7, 11) is 1.56. The molecule has 2 aromatic carbocycles. The Balaban J connectivity index is 1.74. The molecule has 0 bridgehead atoms. The van der Waals surface area contributed by atoms with Crippen molar-refractivity contribution in [2.75, 3.05) is 25.6 Å². The minimum atomic E-state index is -0.622. The quantitative estimate of drug-likeness (QED) is 0.748. The fourth-order valence-corrected chi connectivity index (χ4v) is 3.96.